The third kappa shape index (κ3) is 29.3. The van der Waals surface area contributed by atoms with Crippen LogP contribution in [-0.4, -0.2) is 82.5 Å². The molecule has 0 rings (SSSR count). The number of unbranched alkanes of at least 4 members (excludes halogenated alkanes) is 2. The van der Waals surface area contributed by atoms with E-state index in [4.69, 9.17) is 5.11 Å². The van der Waals surface area contributed by atoms with E-state index in [2.05, 4.69) is 40.4 Å². The number of carbonyl (C=O) groups excluding carboxylic acids is 4. The van der Waals surface area contributed by atoms with Gasteiger partial charge in [0.25, 0.3) is 0 Å². The lowest BCUT2D eigenvalue weighted by molar-refractivity contribution is -0.142. The van der Waals surface area contributed by atoms with Gasteiger partial charge in [0.05, 0.1) is 0 Å². The highest BCUT2D eigenvalue weighted by atomic mass is 16.4. The number of hydrogen-bond donors (Lipinski definition) is 7. The second-order valence-electron chi connectivity index (χ2n) is 12.7. The average molecular weight is 644 g/mol. The van der Waals surface area contributed by atoms with E-state index in [1.165, 1.54) is 0 Å². The van der Waals surface area contributed by atoms with Crippen molar-refractivity contribution in [2.75, 3.05) is 6.54 Å². The van der Waals surface area contributed by atoms with Crippen molar-refractivity contribution in [1.82, 2.24) is 26.6 Å². The first-order valence-corrected chi connectivity index (χ1v) is 16.3. The summed E-state index contributed by atoms with van der Waals surface area (Å²) in [4.78, 5) is 68.6. The molecule has 0 aromatic rings. The van der Waals surface area contributed by atoms with Crippen LogP contribution in [0.1, 0.15) is 126 Å². The van der Waals surface area contributed by atoms with Gasteiger partial charge in [-0.2, -0.15) is 0 Å². The molecule has 13 nitrogen and oxygen atoms in total. The minimum absolute atomic E-state index is 0.0739. The van der Waals surface area contributed by atoms with E-state index in [1.807, 2.05) is 41.5 Å². The van der Waals surface area contributed by atoms with Gasteiger partial charge < -0.3 is 36.8 Å². The second-order valence-corrected chi connectivity index (χ2v) is 12.7. The Balaban J connectivity index is 0. The molecule has 262 valence electrons. The number of carboxylic acid groups (broad SMARTS) is 2. The van der Waals surface area contributed by atoms with E-state index in [0.717, 1.165) is 25.7 Å². The molecule has 2 unspecified atom stereocenters. The molecule has 0 aromatic heterocycles. The maximum Gasteiger partial charge on any atom is 0.327 e. The molecule has 7 N–H and O–H groups in total. The predicted octanol–water partition coefficient (Wildman–Crippen LogP) is 3.11. The fourth-order valence-electron chi connectivity index (χ4n) is 4.03. The molecule has 0 aliphatic carbocycles. The zero-order chi connectivity index (χ0) is 34.9. The lowest BCUT2D eigenvalue weighted by Crippen LogP contribution is -2.48. The normalized spacial score (nSPS) is 12.3. The van der Waals surface area contributed by atoms with Crippen molar-refractivity contribution >= 4 is 35.6 Å². The first-order valence-electron chi connectivity index (χ1n) is 16.3. The highest BCUT2D eigenvalue weighted by Crippen LogP contribution is 2.11. The number of aliphatic carboxylic acids is 2. The van der Waals surface area contributed by atoms with Crippen molar-refractivity contribution in [1.29, 1.82) is 0 Å². The summed E-state index contributed by atoms with van der Waals surface area (Å²) in [6.45, 7) is 15.8. The van der Waals surface area contributed by atoms with Gasteiger partial charge in [0.1, 0.15) is 12.1 Å². The Bertz CT molecular complexity index is 893. The molecular formula is C32H61N5O8. The van der Waals surface area contributed by atoms with E-state index in [1.54, 1.807) is 0 Å². The number of rotatable bonds is 23. The number of carbonyl (C=O) groups is 6. The smallest absolute Gasteiger partial charge is 0.327 e. The van der Waals surface area contributed by atoms with Crippen LogP contribution < -0.4 is 26.6 Å². The van der Waals surface area contributed by atoms with Crippen LogP contribution in [0.4, 0.5) is 0 Å². The molecule has 0 saturated heterocycles. The first kappa shape index (κ1) is 43.9. The van der Waals surface area contributed by atoms with E-state index in [-0.39, 0.29) is 74.0 Å². The van der Waals surface area contributed by atoms with Gasteiger partial charge in [0, 0.05) is 50.4 Å². The van der Waals surface area contributed by atoms with Crippen LogP contribution in [0.15, 0.2) is 0 Å². The molecule has 0 radical (unpaired) electrons. The standard InChI is InChI=1S/C18H34N2O4.C14H27N3O4/c1-13(2)9-6-5-7-10-15(18(23)24)20-17(22)12-8-11-16(21)19-14(3)4;1-9(2)15-8-11(14(20)21)17-13(19)7-5-6-12(18)16-10(3)4/h13-15H,5-12H2,1-4H3,(H,19,21)(H,20,22)(H,23,24);9-11,15H,5-8H2,1-4H3,(H,16,18)(H,17,19)(H,20,21). The molecule has 4 amide bonds. The quantitative estimate of drug-likeness (QED) is 0.0817. The second kappa shape index (κ2) is 26.0. The Labute approximate surface area is 269 Å². The van der Waals surface area contributed by atoms with Gasteiger partial charge in [0.15, 0.2) is 0 Å². The summed E-state index contributed by atoms with van der Waals surface area (Å²) in [5, 5.41) is 31.7. The summed E-state index contributed by atoms with van der Waals surface area (Å²) < 4.78 is 0. The third-order valence-corrected chi connectivity index (χ3v) is 6.29. The number of nitrogens with one attached hydrogen (secondary N) is 5. The fourth-order valence-corrected chi connectivity index (χ4v) is 4.03. The summed E-state index contributed by atoms with van der Waals surface area (Å²) in [5.41, 5.74) is 0. The van der Waals surface area contributed by atoms with Crippen LogP contribution in [-0.2, 0) is 28.8 Å². The van der Waals surface area contributed by atoms with Crippen molar-refractivity contribution in [3.05, 3.63) is 0 Å². The summed E-state index contributed by atoms with van der Waals surface area (Å²) >= 11 is 0. The van der Waals surface area contributed by atoms with Crippen LogP contribution >= 0.6 is 0 Å². The van der Waals surface area contributed by atoms with E-state index < -0.39 is 24.0 Å². The Morgan fingerprint density at radius 2 is 0.844 bits per heavy atom. The van der Waals surface area contributed by atoms with Crippen LogP contribution in [0, 0.1) is 5.92 Å². The van der Waals surface area contributed by atoms with Gasteiger partial charge >= 0.3 is 11.9 Å². The molecule has 13 heteroatoms. The molecule has 2 atom stereocenters. The van der Waals surface area contributed by atoms with E-state index in [9.17, 15) is 33.9 Å². The molecular weight excluding hydrogens is 582 g/mol. The topological polar surface area (TPSA) is 203 Å². The van der Waals surface area contributed by atoms with Crippen LogP contribution in [0.3, 0.4) is 0 Å². The van der Waals surface area contributed by atoms with Gasteiger partial charge in [-0.25, -0.2) is 9.59 Å². The summed E-state index contributed by atoms with van der Waals surface area (Å²) in [6, 6.07) is -1.49. The van der Waals surface area contributed by atoms with E-state index >= 15 is 0 Å². The molecule has 0 heterocycles. The minimum Gasteiger partial charge on any atom is -0.480 e. The first-order chi connectivity index (χ1) is 20.9. The van der Waals surface area contributed by atoms with Crippen molar-refractivity contribution in [3.8, 4) is 0 Å². The summed E-state index contributed by atoms with van der Waals surface area (Å²) in [6.07, 6.45) is 6.11. The van der Waals surface area contributed by atoms with Gasteiger partial charge in [-0.15, -0.1) is 0 Å². The van der Waals surface area contributed by atoms with Gasteiger partial charge in [0.2, 0.25) is 23.6 Å². The monoisotopic (exact) mass is 643 g/mol. The van der Waals surface area contributed by atoms with Crippen LogP contribution in [0.25, 0.3) is 0 Å². The van der Waals surface area contributed by atoms with Crippen molar-refractivity contribution in [3.63, 3.8) is 0 Å². The van der Waals surface area contributed by atoms with Gasteiger partial charge in [-0.3, -0.25) is 19.2 Å². The summed E-state index contributed by atoms with van der Waals surface area (Å²) in [7, 11) is 0. The maximum absolute atomic E-state index is 11.8. The van der Waals surface area contributed by atoms with Gasteiger partial charge in [-0.1, -0.05) is 53.4 Å². The lowest BCUT2D eigenvalue weighted by atomic mass is 10.0. The molecule has 0 spiro atoms. The number of amides is 4. The molecule has 0 aromatic carbocycles. The summed E-state index contributed by atoms with van der Waals surface area (Å²) in [5.74, 6) is -2.26. The zero-order valence-corrected chi connectivity index (χ0v) is 28.8. The average Bonchev–Trinajstić information content (AvgIpc) is 2.89. The number of hydrogen-bond acceptors (Lipinski definition) is 7. The molecule has 0 saturated carbocycles. The molecule has 0 aliphatic rings. The SMILES string of the molecule is CC(C)CCCCCC(NC(=O)CCCC(=O)NC(C)C)C(=O)O.CC(C)NCC(NC(=O)CCCC(=O)NC(C)C)C(=O)O. The maximum atomic E-state index is 11.8. The predicted molar refractivity (Wildman–Crippen MR) is 174 cm³/mol. The largest absolute Gasteiger partial charge is 0.480 e. The van der Waals surface area contributed by atoms with Crippen LogP contribution in [0.2, 0.25) is 0 Å². The minimum atomic E-state index is -1.07. The Morgan fingerprint density at radius 1 is 0.467 bits per heavy atom. The zero-order valence-electron chi connectivity index (χ0n) is 28.8. The molecule has 0 fully saturated rings. The Hall–Kier alpha value is -3.22. The van der Waals surface area contributed by atoms with Crippen molar-refractivity contribution in [2.24, 2.45) is 5.92 Å². The van der Waals surface area contributed by atoms with Gasteiger partial charge in [-0.05, 0) is 52.9 Å². The molecule has 0 bridgehead atoms. The fraction of sp³-hybridized carbons (Fsp3) is 0.812. The van der Waals surface area contributed by atoms with Crippen LogP contribution in [0.5, 0.6) is 0 Å². The molecule has 0 aliphatic heterocycles. The highest BCUT2D eigenvalue weighted by Gasteiger charge is 2.20. The Kier molecular flexibility index (Phi) is 25.4. The number of carboxylic acids is 2. The Morgan fingerprint density at radius 3 is 1.20 bits per heavy atom. The van der Waals surface area contributed by atoms with Crippen molar-refractivity contribution < 1.29 is 39.0 Å². The highest BCUT2D eigenvalue weighted by molar-refractivity contribution is 5.85. The molecule has 45 heavy (non-hydrogen) atoms. The van der Waals surface area contributed by atoms with Crippen molar-refractivity contribution in [2.45, 2.75) is 156 Å². The lowest BCUT2D eigenvalue weighted by Gasteiger charge is -2.17. The van der Waals surface area contributed by atoms with E-state index in [0.29, 0.717) is 25.2 Å². The third-order valence-electron chi connectivity index (χ3n) is 6.29.